The number of amides is 3. The fourth-order valence-electron chi connectivity index (χ4n) is 7.10. The van der Waals surface area contributed by atoms with E-state index in [1.807, 2.05) is 9.80 Å². The number of carbonyl (C=O) groups is 2. The average Bonchev–Trinajstić information content (AvgIpc) is 3.58. The van der Waals surface area contributed by atoms with Crippen LogP contribution >= 0.6 is 0 Å². The largest absolute Gasteiger partial charge is 0.393 e. The number of hydrogen-bond acceptors (Lipinski definition) is 4. The predicted molar refractivity (Wildman–Crippen MR) is 134 cm³/mol. The molecule has 35 heavy (non-hydrogen) atoms. The van der Waals surface area contributed by atoms with Crippen LogP contribution in [0.5, 0.6) is 0 Å². The first kappa shape index (κ1) is 23.3. The minimum atomic E-state index is -0.381. The highest BCUT2D eigenvalue weighted by Crippen LogP contribution is 2.43. The lowest BCUT2D eigenvalue weighted by molar-refractivity contribution is -0.141. The second kappa shape index (κ2) is 9.40. The Kier molecular flexibility index (Phi) is 6.25. The minimum Gasteiger partial charge on any atom is -0.393 e. The summed E-state index contributed by atoms with van der Waals surface area (Å²) in [5.41, 5.74) is 1.05. The van der Waals surface area contributed by atoms with E-state index in [0.29, 0.717) is 24.4 Å². The summed E-state index contributed by atoms with van der Waals surface area (Å²) >= 11 is 0. The van der Waals surface area contributed by atoms with Gasteiger partial charge in [0.2, 0.25) is 5.91 Å². The molecule has 2 aliphatic carbocycles. The smallest absolute Gasteiger partial charge is 0.320 e. The number of aliphatic hydroxyl groups is 1. The van der Waals surface area contributed by atoms with E-state index >= 15 is 0 Å². The first-order chi connectivity index (χ1) is 17.0. The third-order valence-corrected chi connectivity index (χ3v) is 9.41. The molecule has 1 aromatic carbocycles. The summed E-state index contributed by atoms with van der Waals surface area (Å²) in [4.78, 5) is 32.8. The normalized spacial score (nSPS) is 35.5. The van der Waals surface area contributed by atoms with Crippen molar-refractivity contribution in [1.29, 1.82) is 0 Å². The molecule has 2 N–H and O–H groups in total. The van der Waals surface area contributed by atoms with Crippen molar-refractivity contribution in [2.24, 2.45) is 11.3 Å². The Hall–Kier alpha value is -2.12. The van der Waals surface area contributed by atoms with E-state index in [0.717, 1.165) is 77.7 Å². The van der Waals surface area contributed by atoms with Crippen LogP contribution in [0.4, 0.5) is 4.79 Å². The maximum atomic E-state index is 13.5. The molecule has 5 aliphatic rings. The molecule has 190 valence electrons. The lowest BCUT2D eigenvalue weighted by atomic mass is 9.78. The van der Waals surface area contributed by atoms with Crippen LogP contribution in [0.1, 0.15) is 62.8 Å². The third kappa shape index (κ3) is 4.57. The van der Waals surface area contributed by atoms with Gasteiger partial charge < -0.3 is 25.1 Å². The average molecular weight is 481 g/mol. The van der Waals surface area contributed by atoms with Crippen molar-refractivity contribution in [3.8, 4) is 0 Å². The molecule has 2 saturated carbocycles. The number of nitrogens with zero attached hydrogens (tertiary/aromatic N) is 3. The van der Waals surface area contributed by atoms with E-state index in [4.69, 9.17) is 0 Å². The SMILES string of the molecule is O=C(N1CC(CN[C@@H]2C[C@H]2c2ccccc2)C1)N1CCC[C@]2(CCN(C3CCC(O)CC3)C2=O)C1. The van der Waals surface area contributed by atoms with Crippen LogP contribution in [0.3, 0.4) is 0 Å². The minimum absolute atomic E-state index is 0.126. The molecule has 3 aliphatic heterocycles. The second-order valence-corrected chi connectivity index (χ2v) is 11.8. The zero-order valence-corrected chi connectivity index (χ0v) is 20.8. The molecule has 0 aromatic heterocycles. The molecule has 1 aromatic rings. The van der Waals surface area contributed by atoms with Crippen LogP contribution in [0.15, 0.2) is 30.3 Å². The number of carbonyl (C=O) groups excluding carboxylic acids is 2. The molecule has 3 amide bonds. The van der Waals surface area contributed by atoms with Crippen molar-refractivity contribution in [2.75, 3.05) is 39.3 Å². The van der Waals surface area contributed by atoms with Gasteiger partial charge in [0.25, 0.3) is 0 Å². The van der Waals surface area contributed by atoms with Crippen LogP contribution in [0.25, 0.3) is 0 Å². The number of likely N-dealkylation sites (tertiary alicyclic amines) is 3. The standard InChI is InChI=1S/C28H40N4O3/c33-23-9-7-22(8-10-23)32-14-12-28(26(32)34)11-4-13-30(19-28)27(35)31-17-20(18-31)16-29-25-15-24(25)21-5-2-1-3-6-21/h1-3,5-6,20,22-25,29,33H,4,7-19H2/t22?,23?,24-,25+,28-/m0/s1. The van der Waals surface area contributed by atoms with E-state index in [-0.39, 0.29) is 29.5 Å². The quantitative estimate of drug-likeness (QED) is 0.680. The van der Waals surface area contributed by atoms with Gasteiger partial charge in [-0.05, 0) is 56.9 Å². The van der Waals surface area contributed by atoms with Gasteiger partial charge in [-0.3, -0.25) is 4.79 Å². The maximum absolute atomic E-state index is 13.5. The van der Waals surface area contributed by atoms with E-state index in [1.54, 1.807) is 0 Å². The first-order valence-electron chi connectivity index (χ1n) is 13.8. The Labute approximate surface area is 208 Å². The van der Waals surface area contributed by atoms with Gasteiger partial charge in [0.1, 0.15) is 0 Å². The predicted octanol–water partition coefficient (Wildman–Crippen LogP) is 2.80. The number of aliphatic hydroxyl groups excluding tert-OH is 1. The lowest BCUT2D eigenvalue weighted by Gasteiger charge is -2.46. The van der Waals surface area contributed by atoms with E-state index in [1.165, 1.54) is 12.0 Å². The number of piperidine rings is 1. The highest BCUT2D eigenvalue weighted by molar-refractivity contribution is 5.86. The highest BCUT2D eigenvalue weighted by Gasteiger charge is 2.52. The van der Waals surface area contributed by atoms with Gasteiger partial charge in [-0.1, -0.05) is 30.3 Å². The monoisotopic (exact) mass is 480 g/mol. The zero-order valence-electron chi connectivity index (χ0n) is 20.8. The van der Waals surface area contributed by atoms with Crippen LogP contribution in [0, 0.1) is 11.3 Å². The van der Waals surface area contributed by atoms with Crippen molar-refractivity contribution < 1.29 is 14.7 Å². The first-order valence-corrected chi connectivity index (χ1v) is 13.8. The van der Waals surface area contributed by atoms with Gasteiger partial charge in [-0.2, -0.15) is 0 Å². The highest BCUT2D eigenvalue weighted by atomic mass is 16.3. The van der Waals surface area contributed by atoms with Crippen LogP contribution in [-0.4, -0.2) is 89.2 Å². The fraction of sp³-hybridized carbons (Fsp3) is 0.714. The molecule has 3 saturated heterocycles. The lowest BCUT2D eigenvalue weighted by Crippen LogP contribution is -2.60. The summed E-state index contributed by atoms with van der Waals surface area (Å²) in [5.74, 6) is 1.43. The molecular formula is C28H40N4O3. The number of nitrogens with one attached hydrogen (secondary N) is 1. The molecule has 5 fully saturated rings. The van der Waals surface area contributed by atoms with E-state index < -0.39 is 0 Å². The summed E-state index contributed by atoms with van der Waals surface area (Å²) < 4.78 is 0. The molecule has 0 radical (unpaired) electrons. The van der Waals surface area contributed by atoms with Crippen molar-refractivity contribution in [3.63, 3.8) is 0 Å². The Balaban J connectivity index is 0.966. The molecule has 3 atom stereocenters. The Morgan fingerprint density at radius 1 is 1.03 bits per heavy atom. The number of urea groups is 1. The molecule has 0 bridgehead atoms. The topological polar surface area (TPSA) is 76.1 Å². The van der Waals surface area contributed by atoms with Gasteiger partial charge in [0, 0.05) is 63.2 Å². The second-order valence-electron chi connectivity index (χ2n) is 11.8. The Morgan fingerprint density at radius 2 is 1.80 bits per heavy atom. The van der Waals surface area contributed by atoms with Crippen molar-refractivity contribution in [3.05, 3.63) is 35.9 Å². The summed E-state index contributed by atoms with van der Waals surface area (Å²) in [6, 6.07) is 11.7. The summed E-state index contributed by atoms with van der Waals surface area (Å²) in [6.45, 7) is 4.78. The van der Waals surface area contributed by atoms with Gasteiger partial charge >= 0.3 is 6.03 Å². The summed E-state index contributed by atoms with van der Waals surface area (Å²) in [6.07, 6.45) is 7.09. The molecule has 7 heteroatoms. The Bertz CT molecular complexity index is 927. The zero-order chi connectivity index (χ0) is 24.0. The molecular weight excluding hydrogens is 440 g/mol. The van der Waals surface area contributed by atoms with Gasteiger partial charge in [-0.25, -0.2) is 4.79 Å². The van der Waals surface area contributed by atoms with Crippen LogP contribution in [0.2, 0.25) is 0 Å². The molecule has 6 rings (SSSR count). The van der Waals surface area contributed by atoms with Crippen molar-refractivity contribution in [2.45, 2.75) is 75.5 Å². The molecule has 0 unspecified atom stereocenters. The Morgan fingerprint density at radius 3 is 2.57 bits per heavy atom. The number of hydrogen-bond donors (Lipinski definition) is 2. The molecule has 7 nitrogen and oxygen atoms in total. The molecule has 3 heterocycles. The summed E-state index contributed by atoms with van der Waals surface area (Å²) in [5, 5.41) is 13.6. The van der Waals surface area contributed by atoms with Gasteiger partial charge in [0.15, 0.2) is 0 Å². The van der Waals surface area contributed by atoms with E-state index in [2.05, 4.69) is 40.5 Å². The number of benzene rings is 1. The number of rotatable bonds is 5. The van der Waals surface area contributed by atoms with Gasteiger partial charge in [0.05, 0.1) is 11.5 Å². The van der Waals surface area contributed by atoms with Crippen molar-refractivity contribution >= 4 is 11.9 Å². The maximum Gasteiger partial charge on any atom is 0.320 e. The summed E-state index contributed by atoms with van der Waals surface area (Å²) in [7, 11) is 0. The van der Waals surface area contributed by atoms with Crippen LogP contribution in [-0.2, 0) is 4.79 Å². The fourth-order valence-corrected chi connectivity index (χ4v) is 7.10. The van der Waals surface area contributed by atoms with Crippen molar-refractivity contribution in [1.82, 2.24) is 20.0 Å². The van der Waals surface area contributed by atoms with Crippen LogP contribution < -0.4 is 5.32 Å². The third-order valence-electron chi connectivity index (χ3n) is 9.41. The molecule has 1 spiro atoms. The van der Waals surface area contributed by atoms with E-state index in [9.17, 15) is 14.7 Å². The van der Waals surface area contributed by atoms with Gasteiger partial charge in [-0.15, -0.1) is 0 Å².